The minimum Gasteiger partial charge on any atom is -0.497 e. The Labute approximate surface area is 151 Å². The molecule has 2 heterocycles. The molecule has 0 aliphatic carbocycles. The van der Waals surface area contributed by atoms with E-state index in [1.165, 1.54) is 0 Å². The quantitative estimate of drug-likeness (QED) is 0.751. The van der Waals surface area contributed by atoms with Crippen LogP contribution in [0.3, 0.4) is 0 Å². The lowest BCUT2D eigenvalue weighted by atomic mass is 9.93. The SMILES string of the molecule is COc1ccc([C@H]2C[C@@H](c3cccc(OC)c3)Nc3nc(N)nn32)cc1. The third-order valence-corrected chi connectivity index (χ3v) is 4.70. The fourth-order valence-electron chi connectivity index (χ4n) is 3.37. The molecule has 2 atom stereocenters. The van der Waals surface area contributed by atoms with Gasteiger partial charge >= 0.3 is 0 Å². The molecule has 0 saturated heterocycles. The lowest BCUT2D eigenvalue weighted by Gasteiger charge is -2.31. The van der Waals surface area contributed by atoms with Crippen LogP contribution in [0.25, 0.3) is 0 Å². The van der Waals surface area contributed by atoms with Crippen molar-refractivity contribution in [2.75, 3.05) is 25.3 Å². The number of ether oxygens (including phenoxy) is 2. The number of nitrogens with zero attached hydrogens (tertiary/aromatic N) is 3. The molecule has 7 nitrogen and oxygen atoms in total. The van der Waals surface area contributed by atoms with Crippen molar-refractivity contribution >= 4 is 11.9 Å². The zero-order valence-corrected chi connectivity index (χ0v) is 14.7. The Balaban J connectivity index is 1.72. The van der Waals surface area contributed by atoms with Crippen molar-refractivity contribution in [2.45, 2.75) is 18.5 Å². The van der Waals surface area contributed by atoms with E-state index >= 15 is 0 Å². The van der Waals surface area contributed by atoms with Crippen LogP contribution >= 0.6 is 0 Å². The van der Waals surface area contributed by atoms with Gasteiger partial charge in [0.05, 0.1) is 26.3 Å². The number of nitrogen functional groups attached to an aromatic ring is 1. The number of fused-ring (bicyclic) bond motifs is 1. The van der Waals surface area contributed by atoms with Gasteiger partial charge in [-0.05, 0) is 41.8 Å². The number of hydrogen-bond acceptors (Lipinski definition) is 6. The maximum Gasteiger partial charge on any atom is 0.241 e. The van der Waals surface area contributed by atoms with Crippen molar-refractivity contribution < 1.29 is 9.47 Å². The Kier molecular flexibility index (Phi) is 4.12. The topological polar surface area (TPSA) is 87.2 Å². The Hall–Kier alpha value is -3.22. The molecule has 1 aliphatic rings. The van der Waals surface area contributed by atoms with E-state index in [0.717, 1.165) is 29.0 Å². The van der Waals surface area contributed by atoms with Gasteiger partial charge in [-0.1, -0.05) is 24.3 Å². The second kappa shape index (κ2) is 6.59. The van der Waals surface area contributed by atoms with E-state index in [1.807, 2.05) is 35.0 Å². The molecular formula is C19H21N5O2. The number of benzene rings is 2. The predicted octanol–water partition coefficient (Wildman–Crippen LogP) is 3.02. The van der Waals surface area contributed by atoms with E-state index in [2.05, 4.69) is 33.6 Å². The van der Waals surface area contributed by atoms with Gasteiger partial charge in [-0.2, -0.15) is 4.98 Å². The summed E-state index contributed by atoms with van der Waals surface area (Å²) >= 11 is 0. The largest absolute Gasteiger partial charge is 0.497 e. The summed E-state index contributed by atoms with van der Waals surface area (Å²) in [7, 11) is 3.33. The summed E-state index contributed by atoms with van der Waals surface area (Å²) < 4.78 is 12.5. The monoisotopic (exact) mass is 351 g/mol. The number of methoxy groups -OCH3 is 2. The molecule has 26 heavy (non-hydrogen) atoms. The molecule has 7 heteroatoms. The lowest BCUT2D eigenvalue weighted by Crippen LogP contribution is -2.28. The number of nitrogens with one attached hydrogen (secondary N) is 1. The first-order chi connectivity index (χ1) is 12.7. The third-order valence-electron chi connectivity index (χ3n) is 4.70. The van der Waals surface area contributed by atoms with E-state index in [9.17, 15) is 0 Å². The van der Waals surface area contributed by atoms with Crippen LogP contribution in [0.1, 0.15) is 29.6 Å². The van der Waals surface area contributed by atoms with Crippen molar-refractivity contribution in [3.63, 3.8) is 0 Å². The second-order valence-electron chi connectivity index (χ2n) is 6.24. The molecule has 3 N–H and O–H groups in total. The zero-order chi connectivity index (χ0) is 18.1. The summed E-state index contributed by atoms with van der Waals surface area (Å²) in [5.41, 5.74) is 8.12. The molecule has 0 spiro atoms. The summed E-state index contributed by atoms with van der Waals surface area (Å²) in [5, 5.41) is 7.82. The van der Waals surface area contributed by atoms with Gasteiger partial charge in [0.15, 0.2) is 0 Å². The highest BCUT2D eigenvalue weighted by Crippen LogP contribution is 2.38. The van der Waals surface area contributed by atoms with Crippen molar-refractivity contribution in [1.82, 2.24) is 14.8 Å². The summed E-state index contributed by atoms with van der Waals surface area (Å²) in [6.07, 6.45) is 0.815. The molecule has 1 aliphatic heterocycles. The molecule has 3 aromatic rings. The van der Waals surface area contributed by atoms with Gasteiger partial charge in [-0.3, -0.25) is 0 Å². The van der Waals surface area contributed by atoms with Crippen LogP contribution in [0.2, 0.25) is 0 Å². The molecule has 0 unspecified atom stereocenters. The Morgan fingerprint density at radius 1 is 1.04 bits per heavy atom. The summed E-state index contributed by atoms with van der Waals surface area (Å²) in [6.45, 7) is 0. The molecule has 0 amide bonds. The molecule has 0 saturated carbocycles. The first-order valence-corrected chi connectivity index (χ1v) is 8.44. The fraction of sp³-hybridized carbons (Fsp3) is 0.263. The third kappa shape index (κ3) is 2.92. The number of hydrogen-bond donors (Lipinski definition) is 2. The highest BCUT2D eigenvalue weighted by molar-refractivity contribution is 5.43. The average molecular weight is 351 g/mol. The molecule has 0 radical (unpaired) electrons. The van der Waals surface area contributed by atoms with E-state index < -0.39 is 0 Å². The second-order valence-corrected chi connectivity index (χ2v) is 6.24. The van der Waals surface area contributed by atoms with E-state index in [0.29, 0.717) is 5.95 Å². The minimum atomic E-state index is 0.0261. The Morgan fingerprint density at radius 2 is 1.81 bits per heavy atom. The van der Waals surface area contributed by atoms with Gasteiger partial charge in [0.1, 0.15) is 11.5 Å². The van der Waals surface area contributed by atoms with Crippen LogP contribution in [-0.4, -0.2) is 29.0 Å². The maximum atomic E-state index is 5.85. The summed E-state index contributed by atoms with van der Waals surface area (Å²) in [4.78, 5) is 4.34. The summed E-state index contributed by atoms with van der Waals surface area (Å²) in [5.74, 6) is 2.59. The highest BCUT2D eigenvalue weighted by Gasteiger charge is 2.31. The van der Waals surface area contributed by atoms with Gasteiger partial charge in [-0.15, -0.1) is 5.10 Å². The average Bonchev–Trinajstić information content (AvgIpc) is 3.07. The van der Waals surface area contributed by atoms with Crippen LogP contribution in [-0.2, 0) is 0 Å². The number of nitrogens with two attached hydrogens (primary N) is 1. The van der Waals surface area contributed by atoms with E-state index in [4.69, 9.17) is 15.2 Å². The predicted molar refractivity (Wildman–Crippen MR) is 99.5 cm³/mol. The van der Waals surface area contributed by atoms with Gasteiger partial charge in [-0.25, -0.2) is 4.68 Å². The van der Waals surface area contributed by atoms with E-state index in [-0.39, 0.29) is 18.0 Å². The van der Waals surface area contributed by atoms with Gasteiger partial charge in [0.2, 0.25) is 11.9 Å². The number of anilines is 2. The van der Waals surface area contributed by atoms with Crippen LogP contribution in [0.5, 0.6) is 11.5 Å². The van der Waals surface area contributed by atoms with Crippen LogP contribution in [0.4, 0.5) is 11.9 Å². The molecular weight excluding hydrogens is 330 g/mol. The van der Waals surface area contributed by atoms with Gasteiger partial charge in [0.25, 0.3) is 0 Å². The maximum absolute atomic E-state index is 5.85. The molecule has 0 bridgehead atoms. The standard InChI is InChI=1S/C19H21N5O2/c1-25-14-8-6-12(7-9-14)17-11-16(13-4-3-5-15(10-13)26-2)21-19-22-18(20)23-24(17)19/h3-10,16-17H,11H2,1-2H3,(H3,20,21,22,23)/t16-,17+/m0/s1. The van der Waals surface area contributed by atoms with Crippen molar-refractivity contribution in [3.8, 4) is 11.5 Å². The first kappa shape index (κ1) is 16.3. The smallest absolute Gasteiger partial charge is 0.241 e. The molecule has 1 aromatic heterocycles. The van der Waals surface area contributed by atoms with Crippen molar-refractivity contribution in [3.05, 3.63) is 59.7 Å². The fourth-order valence-corrected chi connectivity index (χ4v) is 3.37. The zero-order valence-electron chi connectivity index (χ0n) is 14.7. The number of aromatic nitrogens is 3. The number of rotatable bonds is 4. The van der Waals surface area contributed by atoms with Crippen LogP contribution < -0.4 is 20.5 Å². The van der Waals surface area contributed by atoms with Crippen molar-refractivity contribution in [2.24, 2.45) is 0 Å². The van der Waals surface area contributed by atoms with Gasteiger partial charge in [0, 0.05) is 0 Å². The first-order valence-electron chi connectivity index (χ1n) is 8.44. The lowest BCUT2D eigenvalue weighted by molar-refractivity contribution is 0.408. The highest BCUT2D eigenvalue weighted by atomic mass is 16.5. The van der Waals surface area contributed by atoms with Crippen LogP contribution in [0.15, 0.2) is 48.5 Å². The minimum absolute atomic E-state index is 0.0261. The van der Waals surface area contributed by atoms with E-state index in [1.54, 1.807) is 14.2 Å². The molecule has 4 rings (SSSR count). The summed E-state index contributed by atoms with van der Waals surface area (Å²) in [6, 6.07) is 16.2. The van der Waals surface area contributed by atoms with Crippen LogP contribution in [0, 0.1) is 0 Å². The Morgan fingerprint density at radius 3 is 2.54 bits per heavy atom. The van der Waals surface area contributed by atoms with Gasteiger partial charge < -0.3 is 20.5 Å². The normalized spacial score (nSPS) is 18.7. The molecule has 0 fully saturated rings. The van der Waals surface area contributed by atoms with Crippen molar-refractivity contribution in [1.29, 1.82) is 0 Å². The molecule has 134 valence electrons. The molecule has 2 aromatic carbocycles. The Bertz CT molecular complexity index is 907.